The molecule has 1 aliphatic heterocycles. The van der Waals surface area contributed by atoms with Gasteiger partial charge in [0.05, 0.1) is 40.0 Å². The fourth-order valence-corrected chi connectivity index (χ4v) is 3.55. The maximum atomic E-state index is 6.17. The van der Waals surface area contributed by atoms with Crippen molar-refractivity contribution < 1.29 is 14.2 Å². The third kappa shape index (κ3) is 7.26. The topological polar surface area (TPSA) is 81.3 Å². The molecule has 2 aromatic carbocycles. The number of guanidine groups is 1. The van der Waals surface area contributed by atoms with Gasteiger partial charge in [-0.3, -0.25) is 4.90 Å². The SMILES string of the molecule is COc1ccc(CN=C(N)NCC(c2ccc(C)cc2)N2CCOCC2)cc1OC.I. The van der Waals surface area contributed by atoms with Crippen LogP contribution in [0.15, 0.2) is 47.5 Å². The van der Waals surface area contributed by atoms with Gasteiger partial charge in [-0.05, 0) is 30.2 Å². The Morgan fingerprint density at radius 2 is 1.77 bits per heavy atom. The summed E-state index contributed by atoms with van der Waals surface area (Å²) >= 11 is 0. The summed E-state index contributed by atoms with van der Waals surface area (Å²) < 4.78 is 16.2. The molecule has 3 rings (SSSR count). The molecule has 0 saturated carbocycles. The van der Waals surface area contributed by atoms with E-state index in [1.807, 2.05) is 18.2 Å². The Kier molecular flexibility index (Phi) is 10.4. The highest BCUT2D eigenvalue weighted by Crippen LogP contribution is 2.27. The molecule has 0 aromatic heterocycles. The van der Waals surface area contributed by atoms with Crippen molar-refractivity contribution in [2.24, 2.45) is 10.7 Å². The molecule has 31 heavy (non-hydrogen) atoms. The Hall–Kier alpha value is -2.04. The number of aliphatic imine (C=N–C) groups is 1. The number of aryl methyl sites for hydroxylation is 1. The Balaban J connectivity index is 0.00000341. The van der Waals surface area contributed by atoms with E-state index < -0.39 is 0 Å². The fraction of sp³-hybridized carbons (Fsp3) is 0.435. The first kappa shape index (κ1) is 25.2. The number of nitrogens with zero attached hydrogens (tertiary/aromatic N) is 2. The molecule has 3 N–H and O–H groups in total. The van der Waals surface area contributed by atoms with Crippen LogP contribution < -0.4 is 20.5 Å². The standard InChI is InChI=1S/C23H32N4O3.HI/c1-17-4-7-19(8-5-17)20(27-10-12-30-13-11-27)16-26-23(24)25-15-18-6-9-21(28-2)22(14-18)29-3;/h4-9,14,20H,10-13,15-16H2,1-3H3,(H3,24,25,26);1H. The Morgan fingerprint density at radius 1 is 1.10 bits per heavy atom. The van der Waals surface area contributed by atoms with Gasteiger partial charge in [-0.2, -0.15) is 0 Å². The monoisotopic (exact) mass is 540 g/mol. The third-order valence-corrected chi connectivity index (χ3v) is 5.31. The molecule has 0 radical (unpaired) electrons. The third-order valence-electron chi connectivity index (χ3n) is 5.31. The van der Waals surface area contributed by atoms with Gasteiger partial charge in [-0.25, -0.2) is 4.99 Å². The largest absolute Gasteiger partial charge is 0.493 e. The molecule has 1 fully saturated rings. The van der Waals surface area contributed by atoms with Gasteiger partial charge >= 0.3 is 0 Å². The first-order valence-electron chi connectivity index (χ1n) is 10.2. The highest BCUT2D eigenvalue weighted by atomic mass is 127. The van der Waals surface area contributed by atoms with Gasteiger partial charge in [0.15, 0.2) is 17.5 Å². The van der Waals surface area contributed by atoms with E-state index in [-0.39, 0.29) is 30.0 Å². The number of morpholine rings is 1. The average Bonchev–Trinajstić information content (AvgIpc) is 2.79. The predicted molar refractivity (Wildman–Crippen MR) is 135 cm³/mol. The van der Waals surface area contributed by atoms with Gasteiger partial charge in [0.25, 0.3) is 0 Å². The van der Waals surface area contributed by atoms with E-state index in [4.69, 9.17) is 19.9 Å². The molecule has 1 unspecified atom stereocenters. The fourth-order valence-electron chi connectivity index (χ4n) is 3.55. The maximum Gasteiger partial charge on any atom is 0.188 e. The van der Waals surface area contributed by atoms with Crippen molar-refractivity contribution in [2.75, 3.05) is 47.1 Å². The summed E-state index contributed by atoms with van der Waals surface area (Å²) in [6, 6.07) is 14.6. The highest BCUT2D eigenvalue weighted by molar-refractivity contribution is 14.0. The van der Waals surface area contributed by atoms with Crippen molar-refractivity contribution >= 4 is 29.9 Å². The molecular formula is C23H33IN4O3. The number of hydrogen-bond acceptors (Lipinski definition) is 5. The van der Waals surface area contributed by atoms with Crippen LogP contribution >= 0.6 is 24.0 Å². The van der Waals surface area contributed by atoms with Crippen LogP contribution in [0.1, 0.15) is 22.7 Å². The summed E-state index contributed by atoms with van der Waals surface area (Å²) in [4.78, 5) is 6.93. The Labute approximate surface area is 202 Å². The van der Waals surface area contributed by atoms with E-state index in [0.29, 0.717) is 30.5 Å². The zero-order chi connectivity index (χ0) is 21.3. The molecule has 0 spiro atoms. The van der Waals surface area contributed by atoms with Crippen molar-refractivity contribution in [1.29, 1.82) is 0 Å². The van der Waals surface area contributed by atoms with Crippen LogP contribution in [0.3, 0.4) is 0 Å². The second-order valence-corrected chi connectivity index (χ2v) is 7.35. The molecule has 7 nitrogen and oxygen atoms in total. The lowest BCUT2D eigenvalue weighted by Crippen LogP contribution is -2.45. The number of methoxy groups -OCH3 is 2. The van der Waals surface area contributed by atoms with Crippen molar-refractivity contribution in [3.05, 3.63) is 59.2 Å². The lowest BCUT2D eigenvalue weighted by atomic mass is 10.0. The van der Waals surface area contributed by atoms with Crippen LogP contribution in [0.25, 0.3) is 0 Å². The zero-order valence-corrected chi connectivity index (χ0v) is 20.8. The van der Waals surface area contributed by atoms with E-state index in [1.165, 1.54) is 11.1 Å². The van der Waals surface area contributed by atoms with Gasteiger partial charge in [0.2, 0.25) is 0 Å². The molecular weight excluding hydrogens is 507 g/mol. The molecule has 170 valence electrons. The van der Waals surface area contributed by atoms with Crippen LogP contribution in [-0.4, -0.2) is 57.9 Å². The second-order valence-electron chi connectivity index (χ2n) is 7.35. The lowest BCUT2D eigenvalue weighted by Gasteiger charge is -2.35. The van der Waals surface area contributed by atoms with Gasteiger partial charge in [0, 0.05) is 19.6 Å². The molecule has 1 heterocycles. The van der Waals surface area contributed by atoms with Crippen molar-refractivity contribution in [3.8, 4) is 11.5 Å². The molecule has 0 bridgehead atoms. The first-order valence-corrected chi connectivity index (χ1v) is 10.2. The maximum absolute atomic E-state index is 6.17. The number of benzene rings is 2. The van der Waals surface area contributed by atoms with Crippen LogP contribution in [-0.2, 0) is 11.3 Å². The smallest absolute Gasteiger partial charge is 0.188 e. The number of nitrogens with two attached hydrogens (primary N) is 1. The average molecular weight is 540 g/mol. The summed E-state index contributed by atoms with van der Waals surface area (Å²) in [6.07, 6.45) is 0. The minimum absolute atomic E-state index is 0. The van der Waals surface area contributed by atoms with Gasteiger partial charge < -0.3 is 25.3 Å². The van der Waals surface area contributed by atoms with Crippen molar-refractivity contribution in [2.45, 2.75) is 19.5 Å². The van der Waals surface area contributed by atoms with Gasteiger partial charge in [0.1, 0.15) is 0 Å². The van der Waals surface area contributed by atoms with Gasteiger partial charge in [-0.15, -0.1) is 24.0 Å². The van der Waals surface area contributed by atoms with Crippen molar-refractivity contribution in [1.82, 2.24) is 10.2 Å². The number of nitrogens with one attached hydrogen (secondary N) is 1. The van der Waals surface area contributed by atoms with Crippen LogP contribution in [0.5, 0.6) is 11.5 Å². The normalized spacial score (nSPS) is 15.6. The predicted octanol–water partition coefficient (Wildman–Crippen LogP) is 3.11. The Bertz CT molecular complexity index is 839. The molecule has 0 amide bonds. The van der Waals surface area contributed by atoms with Crippen LogP contribution in [0, 0.1) is 6.92 Å². The lowest BCUT2D eigenvalue weighted by molar-refractivity contribution is 0.0170. The molecule has 1 saturated heterocycles. The van der Waals surface area contributed by atoms with E-state index in [9.17, 15) is 0 Å². The highest BCUT2D eigenvalue weighted by Gasteiger charge is 2.22. The summed E-state index contributed by atoms with van der Waals surface area (Å²) in [6.45, 7) is 6.57. The summed E-state index contributed by atoms with van der Waals surface area (Å²) in [7, 11) is 3.24. The summed E-state index contributed by atoms with van der Waals surface area (Å²) in [5.74, 6) is 1.81. The summed E-state index contributed by atoms with van der Waals surface area (Å²) in [5, 5.41) is 3.30. The van der Waals surface area contributed by atoms with E-state index in [1.54, 1.807) is 14.2 Å². The first-order chi connectivity index (χ1) is 14.6. The quantitative estimate of drug-likeness (QED) is 0.305. The van der Waals surface area contributed by atoms with Gasteiger partial charge in [-0.1, -0.05) is 35.9 Å². The second kappa shape index (κ2) is 12.7. The van der Waals surface area contributed by atoms with Crippen LogP contribution in [0.2, 0.25) is 0 Å². The number of rotatable bonds is 8. The molecule has 1 atom stereocenters. The Morgan fingerprint density at radius 3 is 2.42 bits per heavy atom. The minimum atomic E-state index is 0. The summed E-state index contributed by atoms with van der Waals surface area (Å²) in [5.41, 5.74) is 9.69. The molecule has 0 aliphatic carbocycles. The number of ether oxygens (including phenoxy) is 3. The van der Waals surface area contributed by atoms with Crippen LogP contribution in [0.4, 0.5) is 0 Å². The van der Waals surface area contributed by atoms with E-state index >= 15 is 0 Å². The minimum Gasteiger partial charge on any atom is -0.493 e. The molecule has 1 aliphatic rings. The van der Waals surface area contributed by atoms with Crippen molar-refractivity contribution in [3.63, 3.8) is 0 Å². The number of halogens is 1. The zero-order valence-electron chi connectivity index (χ0n) is 18.5. The molecule has 2 aromatic rings. The molecule has 8 heteroatoms. The van der Waals surface area contributed by atoms with E-state index in [0.717, 1.165) is 31.9 Å². The van der Waals surface area contributed by atoms with E-state index in [2.05, 4.69) is 46.4 Å². The number of hydrogen-bond donors (Lipinski definition) is 2.